The fourth-order valence-electron chi connectivity index (χ4n) is 3.72. The van der Waals surface area contributed by atoms with Gasteiger partial charge in [-0.3, -0.25) is 9.78 Å². The molecule has 0 saturated heterocycles. The van der Waals surface area contributed by atoms with Crippen molar-refractivity contribution < 1.29 is 23.5 Å². The molecule has 0 spiro atoms. The van der Waals surface area contributed by atoms with Crippen LogP contribution in [0.2, 0.25) is 0 Å². The molecule has 168 valence electrons. The molecule has 5 rings (SSSR count). The van der Waals surface area contributed by atoms with E-state index in [9.17, 15) is 4.79 Å². The number of hydrogen-bond donors (Lipinski definition) is 0. The number of amides is 1. The van der Waals surface area contributed by atoms with E-state index in [-0.39, 0.29) is 24.2 Å². The molecule has 8 heteroatoms. The van der Waals surface area contributed by atoms with E-state index in [1.54, 1.807) is 24.2 Å². The van der Waals surface area contributed by atoms with E-state index >= 15 is 0 Å². The van der Waals surface area contributed by atoms with Gasteiger partial charge in [0.2, 0.25) is 0 Å². The highest BCUT2D eigenvalue weighted by Gasteiger charge is 2.24. The van der Waals surface area contributed by atoms with Crippen LogP contribution in [0.1, 0.15) is 34.8 Å². The number of hydrogen-bond acceptors (Lipinski definition) is 7. The highest BCUT2D eigenvalue weighted by molar-refractivity contribution is 5.92. The molecule has 0 radical (unpaired) electrons. The molecule has 1 aliphatic rings. The Balaban J connectivity index is 1.26. The number of carbonyl (C=O) groups excluding carboxylic acids is 1. The zero-order valence-corrected chi connectivity index (χ0v) is 18.4. The Labute approximate surface area is 190 Å². The van der Waals surface area contributed by atoms with Crippen molar-refractivity contribution >= 4 is 16.8 Å². The standard InChI is InChI=1S/C25H23N3O5/c1-16(18-8-9-21-23(13-18)31-12-11-30-21)28(2)25(29)20-14-19(33-27-20)15-32-22-7-3-5-17-6-4-10-26-24(17)22/h3-10,13-14,16H,11-12,15H2,1-2H3. The number of pyridine rings is 1. The molecular weight excluding hydrogens is 422 g/mol. The number of ether oxygens (including phenoxy) is 3. The molecule has 2 aromatic carbocycles. The Morgan fingerprint density at radius 1 is 1.09 bits per heavy atom. The van der Waals surface area contributed by atoms with Crippen LogP contribution in [0.15, 0.2) is 65.3 Å². The summed E-state index contributed by atoms with van der Waals surface area (Å²) >= 11 is 0. The lowest BCUT2D eigenvalue weighted by atomic mass is 10.1. The summed E-state index contributed by atoms with van der Waals surface area (Å²) in [6.07, 6.45) is 1.72. The van der Waals surface area contributed by atoms with Crippen molar-refractivity contribution in [1.29, 1.82) is 0 Å². The zero-order valence-electron chi connectivity index (χ0n) is 18.4. The molecule has 4 aromatic rings. The van der Waals surface area contributed by atoms with Crippen LogP contribution in [-0.4, -0.2) is 41.2 Å². The minimum absolute atomic E-state index is 0.136. The molecule has 33 heavy (non-hydrogen) atoms. The maximum absolute atomic E-state index is 13.0. The van der Waals surface area contributed by atoms with Crippen molar-refractivity contribution in [2.75, 3.05) is 20.3 Å². The van der Waals surface area contributed by atoms with E-state index in [1.807, 2.05) is 55.5 Å². The number of carbonyl (C=O) groups is 1. The molecule has 1 unspecified atom stereocenters. The van der Waals surface area contributed by atoms with Gasteiger partial charge in [-0.15, -0.1) is 0 Å². The van der Waals surface area contributed by atoms with Gasteiger partial charge in [-0.25, -0.2) is 0 Å². The monoisotopic (exact) mass is 445 g/mol. The van der Waals surface area contributed by atoms with Crippen LogP contribution >= 0.6 is 0 Å². The third kappa shape index (κ3) is 4.19. The zero-order chi connectivity index (χ0) is 22.8. The average molecular weight is 445 g/mol. The van der Waals surface area contributed by atoms with Crippen LogP contribution in [0.25, 0.3) is 10.9 Å². The highest BCUT2D eigenvalue weighted by Crippen LogP contribution is 2.34. The second-order valence-corrected chi connectivity index (χ2v) is 7.79. The third-order valence-electron chi connectivity index (χ3n) is 5.69. The minimum atomic E-state index is -0.251. The molecule has 0 fully saturated rings. The smallest absolute Gasteiger partial charge is 0.276 e. The molecule has 2 aromatic heterocycles. The molecule has 0 bridgehead atoms. The summed E-state index contributed by atoms with van der Waals surface area (Å²) in [5, 5.41) is 4.94. The first kappa shape index (κ1) is 20.8. The first-order chi connectivity index (χ1) is 16.1. The van der Waals surface area contributed by atoms with E-state index in [0.29, 0.717) is 36.2 Å². The Kier molecular flexibility index (Phi) is 5.56. The van der Waals surface area contributed by atoms with Gasteiger partial charge in [0.25, 0.3) is 5.91 Å². The molecule has 1 aliphatic heterocycles. The molecule has 3 heterocycles. The first-order valence-corrected chi connectivity index (χ1v) is 10.7. The minimum Gasteiger partial charge on any atom is -0.486 e. The fourth-order valence-corrected chi connectivity index (χ4v) is 3.72. The van der Waals surface area contributed by atoms with E-state index in [2.05, 4.69) is 10.1 Å². The largest absolute Gasteiger partial charge is 0.486 e. The molecule has 0 saturated carbocycles. The van der Waals surface area contributed by atoms with Crippen LogP contribution in [0.5, 0.6) is 17.2 Å². The van der Waals surface area contributed by atoms with E-state index < -0.39 is 0 Å². The average Bonchev–Trinajstić information content (AvgIpc) is 3.35. The second-order valence-electron chi connectivity index (χ2n) is 7.79. The number of aromatic nitrogens is 2. The number of benzene rings is 2. The lowest BCUT2D eigenvalue weighted by molar-refractivity contribution is 0.0731. The Morgan fingerprint density at radius 3 is 2.79 bits per heavy atom. The Morgan fingerprint density at radius 2 is 1.91 bits per heavy atom. The van der Waals surface area contributed by atoms with Crippen LogP contribution in [0.3, 0.4) is 0 Å². The molecule has 1 atom stereocenters. The highest BCUT2D eigenvalue weighted by atomic mass is 16.6. The quantitative estimate of drug-likeness (QED) is 0.435. The van der Waals surface area contributed by atoms with Gasteiger partial charge in [0, 0.05) is 24.7 Å². The number of rotatable bonds is 6. The second kappa shape index (κ2) is 8.82. The van der Waals surface area contributed by atoms with E-state index in [0.717, 1.165) is 16.5 Å². The van der Waals surface area contributed by atoms with E-state index in [4.69, 9.17) is 18.7 Å². The van der Waals surface area contributed by atoms with Crippen molar-refractivity contribution in [2.45, 2.75) is 19.6 Å². The maximum Gasteiger partial charge on any atom is 0.276 e. The van der Waals surface area contributed by atoms with Crippen molar-refractivity contribution in [3.8, 4) is 17.2 Å². The summed E-state index contributed by atoms with van der Waals surface area (Å²) in [5.41, 5.74) is 1.92. The van der Waals surface area contributed by atoms with Gasteiger partial charge in [0.1, 0.15) is 31.1 Å². The van der Waals surface area contributed by atoms with Gasteiger partial charge in [-0.2, -0.15) is 0 Å². The summed E-state index contributed by atoms with van der Waals surface area (Å²) in [6.45, 7) is 3.13. The number of nitrogens with zero attached hydrogens (tertiary/aromatic N) is 3. The van der Waals surface area contributed by atoms with Crippen LogP contribution < -0.4 is 14.2 Å². The van der Waals surface area contributed by atoms with Crippen LogP contribution in [-0.2, 0) is 6.61 Å². The third-order valence-corrected chi connectivity index (χ3v) is 5.69. The van der Waals surface area contributed by atoms with Gasteiger partial charge >= 0.3 is 0 Å². The maximum atomic E-state index is 13.0. The molecule has 0 N–H and O–H groups in total. The lowest BCUT2D eigenvalue weighted by Crippen LogP contribution is -2.30. The predicted octanol–water partition coefficient (Wildman–Crippen LogP) is 4.41. The van der Waals surface area contributed by atoms with Crippen LogP contribution in [0, 0.1) is 0 Å². The molecular formula is C25H23N3O5. The normalized spacial score (nSPS) is 13.5. The Hall–Kier alpha value is -4.07. The summed E-state index contributed by atoms with van der Waals surface area (Å²) in [7, 11) is 1.73. The summed E-state index contributed by atoms with van der Waals surface area (Å²) in [5.74, 6) is 2.25. The molecule has 8 nitrogen and oxygen atoms in total. The lowest BCUT2D eigenvalue weighted by Gasteiger charge is -2.26. The van der Waals surface area contributed by atoms with Crippen molar-refractivity contribution in [3.63, 3.8) is 0 Å². The van der Waals surface area contributed by atoms with Gasteiger partial charge in [-0.1, -0.05) is 29.4 Å². The molecule has 0 aliphatic carbocycles. The summed E-state index contributed by atoms with van der Waals surface area (Å²) in [4.78, 5) is 19.0. The Bertz CT molecular complexity index is 1300. The van der Waals surface area contributed by atoms with Gasteiger partial charge < -0.3 is 23.6 Å². The van der Waals surface area contributed by atoms with Gasteiger partial charge in [0.15, 0.2) is 23.0 Å². The number of para-hydroxylation sites is 1. The fraction of sp³-hybridized carbons (Fsp3) is 0.240. The summed E-state index contributed by atoms with van der Waals surface area (Å²) in [6, 6.07) is 16.7. The first-order valence-electron chi connectivity index (χ1n) is 10.7. The van der Waals surface area contributed by atoms with Crippen molar-refractivity contribution in [3.05, 3.63) is 77.8 Å². The molecule has 1 amide bonds. The van der Waals surface area contributed by atoms with Gasteiger partial charge in [-0.05, 0) is 36.8 Å². The topological polar surface area (TPSA) is 86.9 Å². The number of fused-ring (bicyclic) bond motifs is 2. The van der Waals surface area contributed by atoms with E-state index in [1.165, 1.54) is 0 Å². The predicted molar refractivity (Wildman–Crippen MR) is 121 cm³/mol. The van der Waals surface area contributed by atoms with Crippen molar-refractivity contribution in [2.24, 2.45) is 0 Å². The van der Waals surface area contributed by atoms with Crippen LogP contribution in [0.4, 0.5) is 0 Å². The SMILES string of the molecule is CC(c1ccc2c(c1)OCCO2)N(C)C(=O)c1cc(COc2cccc3cccnc23)on1. The van der Waals surface area contributed by atoms with Crippen molar-refractivity contribution in [1.82, 2.24) is 15.0 Å². The summed E-state index contributed by atoms with van der Waals surface area (Å²) < 4.78 is 22.5. The van der Waals surface area contributed by atoms with Gasteiger partial charge in [0.05, 0.1) is 6.04 Å².